The summed E-state index contributed by atoms with van der Waals surface area (Å²) in [5.74, 6) is 0. The molecule has 4 heterocycles. The van der Waals surface area contributed by atoms with Crippen molar-refractivity contribution in [3.63, 3.8) is 0 Å². The standard InChI is InChI=1S/C50H36N6/c1-33-11-21-45-37(27-33)23-25-53(45)39-17-13-35(14-18-39)41-29-50(56-32-52-44-8-4-6-10-48(44)56)42(30-49(41)55-31-51-43-7-3-5-9-47(43)55)36-15-19-40(20-16-36)54-26-24-38-28-34(2)12-22-46(38)54/h3-32H,1-2H3. The van der Waals surface area contributed by atoms with Crippen LogP contribution in [0.2, 0.25) is 0 Å². The highest BCUT2D eigenvalue weighted by atomic mass is 15.1. The van der Waals surface area contributed by atoms with E-state index in [-0.39, 0.29) is 0 Å². The van der Waals surface area contributed by atoms with E-state index < -0.39 is 0 Å². The van der Waals surface area contributed by atoms with E-state index in [4.69, 9.17) is 9.97 Å². The van der Waals surface area contributed by atoms with Crippen LogP contribution in [0, 0.1) is 13.8 Å². The number of rotatable bonds is 6. The van der Waals surface area contributed by atoms with Crippen molar-refractivity contribution in [2.45, 2.75) is 13.8 Å². The van der Waals surface area contributed by atoms with Crippen molar-refractivity contribution < 1.29 is 0 Å². The van der Waals surface area contributed by atoms with Crippen LogP contribution in [0.25, 0.3) is 88.9 Å². The Hall–Kier alpha value is -7.44. The molecule has 0 atom stereocenters. The van der Waals surface area contributed by atoms with Crippen LogP contribution in [0.5, 0.6) is 0 Å². The highest BCUT2D eigenvalue weighted by molar-refractivity contribution is 5.91. The second kappa shape index (κ2) is 12.6. The first kappa shape index (κ1) is 32.0. The molecule has 6 heteroatoms. The van der Waals surface area contributed by atoms with Gasteiger partial charge in [-0.3, -0.25) is 9.13 Å². The maximum Gasteiger partial charge on any atom is 0.100 e. The van der Waals surface area contributed by atoms with Crippen LogP contribution < -0.4 is 0 Å². The molecule has 0 saturated carbocycles. The number of hydrogen-bond acceptors (Lipinski definition) is 2. The Morgan fingerprint density at radius 2 is 0.804 bits per heavy atom. The molecule has 0 radical (unpaired) electrons. The molecule has 0 aliphatic carbocycles. The van der Waals surface area contributed by atoms with Gasteiger partial charge in [-0.15, -0.1) is 0 Å². The first-order valence-corrected chi connectivity index (χ1v) is 19.0. The van der Waals surface area contributed by atoms with Crippen molar-refractivity contribution in [1.82, 2.24) is 28.2 Å². The number of benzene rings is 7. The third-order valence-corrected chi connectivity index (χ3v) is 11.1. The summed E-state index contributed by atoms with van der Waals surface area (Å²) in [7, 11) is 0. The van der Waals surface area contributed by atoms with Gasteiger partial charge in [0, 0.05) is 45.7 Å². The highest BCUT2D eigenvalue weighted by Gasteiger charge is 2.19. The van der Waals surface area contributed by atoms with E-state index in [0.29, 0.717) is 0 Å². The maximum atomic E-state index is 4.84. The molecule has 11 aromatic rings. The lowest BCUT2D eigenvalue weighted by molar-refractivity contribution is 1.07. The summed E-state index contributed by atoms with van der Waals surface area (Å²) >= 11 is 0. The predicted octanol–water partition coefficient (Wildman–Crippen LogP) is 12.2. The van der Waals surface area contributed by atoms with Crippen LogP contribution >= 0.6 is 0 Å². The molecule has 56 heavy (non-hydrogen) atoms. The fraction of sp³-hybridized carbons (Fsp3) is 0.0400. The second-order valence-electron chi connectivity index (χ2n) is 14.7. The van der Waals surface area contributed by atoms with Crippen LogP contribution in [-0.4, -0.2) is 28.2 Å². The summed E-state index contributed by atoms with van der Waals surface area (Å²) in [4.78, 5) is 9.68. The van der Waals surface area contributed by atoms with Crippen LogP contribution in [0.3, 0.4) is 0 Å². The van der Waals surface area contributed by atoms with Gasteiger partial charge in [0.2, 0.25) is 0 Å². The zero-order valence-corrected chi connectivity index (χ0v) is 31.0. The average Bonchev–Trinajstić information content (AvgIpc) is 4.05. The molecule has 0 aliphatic rings. The summed E-state index contributed by atoms with van der Waals surface area (Å²) in [6.07, 6.45) is 8.21. The van der Waals surface area contributed by atoms with Gasteiger partial charge in [-0.05, 0) is 122 Å². The Kier molecular flexibility index (Phi) is 7.19. The van der Waals surface area contributed by atoms with Crippen LogP contribution in [-0.2, 0) is 0 Å². The molecule has 0 spiro atoms. The largest absolute Gasteiger partial charge is 0.317 e. The van der Waals surface area contributed by atoms with E-state index >= 15 is 0 Å². The third kappa shape index (κ3) is 5.18. The molecule has 0 unspecified atom stereocenters. The van der Waals surface area contributed by atoms with Gasteiger partial charge >= 0.3 is 0 Å². The lowest BCUT2D eigenvalue weighted by Crippen LogP contribution is -2.03. The van der Waals surface area contributed by atoms with Gasteiger partial charge in [0.25, 0.3) is 0 Å². The summed E-state index contributed by atoms with van der Waals surface area (Å²) in [6, 6.07) is 56.7. The van der Waals surface area contributed by atoms with E-state index in [9.17, 15) is 0 Å². The Balaban J connectivity index is 1.12. The van der Waals surface area contributed by atoms with Gasteiger partial charge in [0.05, 0.1) is 44.5 Å². The summed E-state index contributed by atoms with van der Waals surface area (Å²) in [5.41, 5.74) is 17.6. The third-order valence-electron chi connectivity index (χ3n) is 11.1. The van der Waals surface area contributed by atoms with Crippen molar-refractivity contribution in [3.05, 3.63) is 194 Å². The minimum atomic E-state index is 0.952. The van der Waals surface area contributed by atoms with Crippen LogP contribution in [0.1, 0.15) is 11.1 Å². The summed E-state index contributed by atoms with van der Waals surface area (Å²) in [5, 5.41) is 2.47. The second-order valence-corrected chi connectivity index (χ2v) is 14.7. The molecule has 0 fully saturated rings. The highest BCUT2D eigenvalue weighted by Crippen LogP contribution is 2.40. The lowest BCUT2D eigenvalue weighted by Gasteiger charge is -2.20. The minimum Gasteiger partial charge on any atom is -0.317 e. The fourth-order valence-corrected chi connectivity index (χ4v) is 8.32. The van der Waals surface area contributed by atoms with E-state index in [1.165, 1.54) is 32.9 Å². The number of fused-ring (bicyclic) bond motifs is 4. The van der Waals surface area contributed by atoms with E-state index in [1.54, 1.807) is 0 Å². The van der Waals surface area contributed by atoms with Gasteiger partial charge in [-0.2, -0.15) is 0 Å². The number of imidazole rings is 2. The SMILES string of the molecule is Cc1ccc2c(ccn2-c2ccc(-c3cc(-n4cnc5ccccc54)c(-c4ccc(-n5ccc6cc(C)ccc65)cc4)cc3-n3cnc4ccccc43)cc2)c1. The number of para-hydroxylation sites is 4. The van der Waals surface area contributed by atoms with Gasteiger partial charge in [0.1, 0.15) is 12.7 Å². The Labute approximate surface area is 323 Å². The lowest BCUT2D eigenvalue weighted by atomic mass is 9.95. The smallest absolute Gasteiger partial charge is 0.100 e. The molecule has 11 rings (SSSR count). The van der Waals surface area contributed by atoms with Crippen molar-refractivity contribution >= 4 is 43.9 Å². The monoisotopic (exact) mass is 720 g/mol. The molecule has 0 aliphatic heterocycles. The van der Waals surface area contributed by atoms with Gasteiger partial charge in [-0.25, -0.2) is 9.97 Å². The summed E-state index contributed by atoms with van der Waals surface area (Å²) < 4.78 is 8.97. The average molecular weight is 721 g/mol. The molecular weight excluding hydrogens is 685 g/mol. The quantitative estimate of drug-likeness (QED) is 0.172. The van der Waals surface area contributed by atoms with Crippen molar-refractivity contribution in [3.8, 4) is 45.0 Å². The first-order valence-electron chi connectivity index (χ1n) is 19.0. The molecular formula is C50H36N6. The maximum absolute atomic E-state index is 4.84. The normalized spacial score (nSPS) is 11.8. The van der Waals surface area contributed by atoms with Crippen molar-refractivity contribution in [1.29, 1.82) is 0 Å². The zero-order chi connectivity index (χ0) is 37.3. The number of nitrogens with zero attached hydrogens (tertiary/aromatic N) is 6. The van der Waals surface area contributed by atoms with Crippen molar-refractivity contribution in [2.75, 3.05) is 0 Å². The molecule has 0 amide bonds. The predicted molar refractivity (Wildman–Crippen MR) is 230 cm³/mol. The Bertz CT molecular complexity index is 3040. The van der Waals surface area contributed by atoms with Gasteiger partial charge in [0.15, 0.2) is 0 Å². The summed E-state index contributed by atoms with van der Waals surface area (Å²) in [6.45, 7) is 4.28. The Morgan fingerprint density at radius 3 is 1.25 bits per heavy atom. The van der Waals surface area contributed by atoms with Crippen molar-refractivity contribution in [2.24, 2.45) is 0 Å². The Morgan fingerprint density at radius 1 is 0.375 bits per heavy atom. The molecule has 0 bridgehead atoms. The van der Waals surface area contributed by atoms with E-state index in [0.717, 1.165) is 67.1 Å². The zero-order valence-electron chi connectivity index (χ0n) is 31.0. The topological polar surface area (TPSA) is 45.5 Å². The molecule has 4 aromatic heterocycles. The molecule has 7 aromatic carbocycles. The van der Waals surface area contributed by atoms with Crippen LogP contribution in [0.15, 0.2) is 183 Å². The van der Waals surface area contributed by atoms with E-state index in [1.807, 2.05) is 24.8 Å². The van der Waals surface area contributed by atoms with Crippen LogP contribution in [0.4, 0.5) is 0 Å². The van der Waals surface area contributed by atoms with E-state index in [2.05, 4.69) is 190 Å². The molecule has 0 N–H and O–H groups in total. The first-order chi connectivity index (χ1) is 27.6. The molecule has 0 saturated heterocycles. The fourth-order valence-electron chi connectivity index (χ4n) is 8.32. The molecule has 266 valence electrons. The van der Waals surface area contributed by atoms with Gasteiger partial charge in [-0.1, -0.05) is 71.8 Å². The minimum absolute atomic E-state index is 0.952. The number of aryl methyl sites for hydroxylation is 2. The number of hydrogen-bond donors (Lipinski definition) is 0. The number of aromatic nitrogens is 6. The van der Waals surface area contributed by atoms with Gasteiger partial charge < -0.3 is 9.13 Å². The molecule has 6 nitrogen and oxygen atoms in total.